The number of carbonyl (C=O) groups is 2. The first-order valence-electron chi connectivity index (χ1n) is 7.26. The molecule has 0 aromatic carbocycles. The zero-order valence-corrected chi connectivity index (χ0v) is 13.4. The number of carbonyl (C=O) groups excluding carboxylic acids is 2. The normalized spacial score (nSPS) is 24.9. The first-order chi connectivity index (χ1) is 9.70. The van der Waals surface area contributed by atoms with Crippen LogP contribution in [0, 0.1) is 6.92 Å². The van der Waals surface area contributed by atoms with Gasteiger partial charge in [0, 0.05) is 18.9 Å². The highest BCUT2D eigenvalue weighted by molar-refractivity contribution is 6.01. The number of nitrogens with zero attached hydrogens (tertiary/aromatic N) is 2. The minimum atomic E-state index is -0.866. The highest BCUT2D eigenvalue weighted by Gasteiger charge is 2.51. The maximum absolute atomic E-state index is 12.8. The van der Waals surface area contributed by atoms with Crippen LogP contribution in [0.2, 0.25) is 0 Å². The van der Waals surface area contributed by atoms with Gasteiger partial charge in [-0.05, 0) is 45.2 Å². The van der Waals surface area contributed by atoms with Gasteiger partial charge in [-0.3, -0.25) is 14.6 Å². The molecule has 2 heterocycles. The van der Waals surface area contributed by atoms with Crippen LogP contribution >= 0.6 is 0 Å². The van der Waals surface area contributed by atoms with E-state index in [4.69, 9.17) is 0 Å². The molecule has 1 fully saturated rings. The molecule has 2 rings (SSSR count). The van der Waals surface area contributed by atoms with E-state index in [1.165, 1.54) is 0 Å². The Bertz CT molecular complexity index is 583. The van der Waals surface area contributed by atoms with E-state index >= 15 is 0 Å². The molecule has 1 aromatic heterocycles. The summed E-state index contributed by atoms with van der Waals surface area (Å²) >= 11 is 0. The summed E-state index contributed by atoms with van der Waals surface area (Å²) in [5.74, 6) is -0.164. The molecule has 1 aliphatic heterocycles. The van der Waals surface area contributed by atoms with Crippen molar-refractivity contribution in [1.82, 2.24) is 15.2 Å². The third-order valence-electron chi connectivity index (χ3n) is 4.32. The van der Waals surface area contributed by atoms with Crippen molar-refractivity contribution in [1.29, 1.82) is 0 Å². The second kappa shape index (κ2) is 5.13. The van der Waals surface area contributed by atoms with Gasteiger partial charge in [-0.1, -0.05) is 13.0 Å². The first-order valence-corrected chi connectivity index (χ1v) is 7.26. The Hall–Kier alpha value is -1.91. The van der Waals surface area contributed by atoms with Gasteiger partial charge in [0.2, 0.25) is 11.8 Å². The molecule has 0 bridgehead atoms. The number of pyridine rings is 1. The van der Waals surface area contributed by atoms with Crippen LogP contribution in [0.15, 0.2) is 18.5 Å². The van der Waals surface area contributed by atoms with E-state index in [-0.39, 0.29) is 11.8 Å². The van der Waals surface area contributed by atoms with Crippen LogP contribution < -0.4 is 5.32 Å². The van der Waals surface area contributed by atoms with Crippen LogP contribution in [-0.4, -0.2) is 32.8 Å². The minimum absolute atomic E-state index is 0.0453. The molecule has 114 valence electrons. The lowest BCUT2D eigenvalue weighted by molar-refractivity contribution is -0.161. The minimum Gasteiger partial charge on any atom is -0.340 e. The molecule has 1 saturated heterocycles. The summed E-state index contributed by atoms with van der Waals surface area (Å²) in [6.45, 7) is 9.59. The third kappa shape index (κ3) is 2.64. The van der Waals surface area contributed by atoms with E-state index in [2.05, 4.69) is 10.3 Å². The van der Waals surface area contributed by atoms with Gasteiger partial charge >= 0.3 is 0 Å². The second-order valence-corrected chi connectivity index (χ2v) is 6.46. The van der Waals surface area contributed by atoms with Crippen LogP contribution in [0.1, 0.15) is 45.2 Å². The fourth-order valence-electron chi connectivity index (χ4n) is 2.53. The molecule has 1 N–H and O–H groups in total. The van der Waals surface area contributed by atoms with E-state index in [0.29, 0.717) is 13.0 Å². The Kier molecular flexibility index (Phi) is 3.78. The van der Waals surface area contributed by atoms with Crippen LogP contribution in [0.4, 0.5) is 0 Å². The van der Waals surface area contributed by atoms with Crippen molar-refractivity contribution in [2.24, 2.45) is 0 Å². The molecular formula is C16H23N3O2. The lowest BCUT2D eigenvalue weighted by Gasteiger charge is -2.48. The third-order valence-corrected chi connectivity index (χ3v) is 4.32. The van der Waals surface area contributed by atoms with E-state index in [1.54, 1.807) is 38.1 Å². The van der Waals surface area contributed by atoms with Crippen LogP contribution in [-0.2, 0) is 16.1 Å². The molecule has 1 atom stereocenters. The molecule has 1 aromatic rings. The van der Waals surface area contributed by atoms with Gasteiger partial charge in [0.05, 0.1) is 0 Å². The average Bonchev–Trinajstić information content (AvgIpc) is 2.42. The van der Waals surface area contributed by atoms with E-state index < -0.39 is 11.1 Å². The number of hydrogen-bond donors (Lipinski definition) is 1. The smallest absolute Gasteiger partial charge is 0.249 e. The maximum Gasteiger partial charge on any atom is 0.249 e. The lowest BCUT2D eigenvalue weighted by Crippen LogP contribution is -2.72. The van der Waals surface area contributed by atoms with Gasteiger partial charge in [-0.15, -0.1) is 0 Å². The van der Waals surface area contributed by atoms with Crippen molar-refractivity contribution in [2.45, 2.75) is 58.7 Å². The summed E-state index contributed by atoms with van der Waals surface area (Å²) in [5.41, 5.74) is 0.279. The predicted octanol–water partition coefficient (Wildman–Crippen LogP) is 1.80. The standard InChI is InChI=1S/C16H23N3O2/c1-6-16(5)14(21)19(15(3,4)13(20)18-16)10-12-7-11(2)8-17-9-12/h7-9H,6,10H2,1-5H3,(H,18,20). The highest BCUT2D eigenvalue weighted by atomic mass is 16.2. The largest absolute Gasteiger partial charge is 0.340 e. The van der Waals surface area contributed by atoms with Crippen molar-refractivity contribution in [3.8, 4) is 0 Å². The Morgan fingerprint density at radius 1 is 1.24 bits per heavy atom. The van der Waals surface area contributed by atoms with Gasteiger partial charge < -0.3 is 10.2 Å². The molecule has 2 amide bonds. The fraction of sp³-hybridized carbons (Fsp3) is 0.562. The van der Waals surface area contributed by atoms with Crippen molar-refractivity contribution >= 4 is 11.8 Å². The molecule has 0 aliphatic carbocycles. The van der Waals surface area contributed by atoms with E-state index in [9.17, 15) is 9.59 Å². The van der Waals surface area contributed by atoms with Gasteiger partial charge in [0.1, 0.15) is 11.1 Å². The molecule has 0 spiro atoms. The van der Waals surface area contributed by atoms with Crippen LogP contribution in [0.3, 0.4) is 0 Å². The van der Waals surface area contributed by atoms with Gasteiger partial charge in [-0.2, -0.15) is 0 Å². The molecule has 1 unspecified atom stereocenters. The summed E-state index contributed by atoms with van der Waals surface area (Å²) in [6, 6.07) is 1.99. The Morgan fingerprint density at radius 2 is 1.90 bits per heavy atom. The zero-order chi connectivity index (χ0) is 15.8. The van der Waals surface area contributed by atoms with Crippen molar-refractivity contribution in [2.75, 3.05) is 0 Å². The van der Waals surface area contributed by atoms with E-state index in [1.807, 2.05) is 19.9 Å². The Balaban J connectivity index is 2.37. The molecular weight excluding hydrogens is 266 g/mol. The number of amides is 2. The highest BCUT2D eigenvalue weighted by Crippen LogP contribution is 2.29. The quantitative estimate of drug-likeness (QED) is 0.923. The lowest BCUT2D eigenvalue weighted by atomic mass is 9.86. The SMILES string of the molecule is CCC1(C)NC(=O)C(C)(C)N(Cc2cncc(C)c2)C1=O. The summed E-state index contributed by atoms with van der Waals surface area (Å²) < 4.78 is 0. The topological polar surface area (TPSA) is 62.3 Å². The molecule has 1 aliphatic rings. The summed E-state index contributed by atoms with van der Waals surface area (Å²) in [5, 5.41) is 2.86. The van der Waals surface area contributed by atoms with Gasteiger partial charge in [-0.25, -0.2) is 0 Å². The molecule has 5 heteroatoms. The number of hydrogen-bond acceptors (Lipinski definition) is 3. The zero-order valence-electron chi connectivity index (χ0n) is 13.4. The average molecular weight is 289 g/mol. The summed E-state index contributed by atoms with van der Waals surface area (Å²) in [4.78, 5) is 31.0. The van der Waals surface area contributed by atoms with Crippen molar-refractivity contribution in [3.05, 3.63) is 29.6 Å². The van der Waals surface area contributed by atoms with E-state index in [0.717, 1.165) is 11.1 Å². The monoisotopic (exact) mass is 289 g/mol. The van der Waals surface area contributed by atoms with Crippen LogP contribution in [0.5, 0.6) is 0 Å². The van der Waals surface area contributed by atoms with Gasteiger partial charge in [0.25, 0.3) is 0 Å². The second-order valence-electron chi connectivity index (χ2n) is 6.46. The first kappa shape index (κ1) is 15.5. The Morgan fingerprint density at radius 3 is 2.48 bits per heavy atom. The van der Waals surface area contributed by atoms with Gasteiger partial charge in [0.15, 0.2) is 0 Å². The van der Waals surface area contributed by atoms with Crippen molar-refractivity contribution in [3.63, 3.8) is 0 Å². The number of nitrogens with one attached hydrogen (secondary N) is 1. The summed E-state index contributed by atoms with van der Waals surface area (Å²) in [7, 11) is 0. The molecule has 0 saturated carbocycles. The maximum atomic E-state index is 12.8. The number of piperazine rings is 1. The fourth-order valence-corrected chi connectivity index (χ4v) is 2.53. The number of rotatable bonds is 3. The summed E-state index contributed by atoms with van der Waals surface area (Å²) in [6.07, 6.45) is 4.08. The molecule has 0 radical (unpaired) electrons. The van der Waals surface area contributed by atoms with Crippen LogP contribution in [0.25, 0.3) is 0 Å². The molecule has 21 heavy (non-hydrogen) atoms. The number of aromatic nitrogens is 1. The Labute approximate surface area is 125 Å². The molecule has 5 nitrogen and oxygen atoms in total. The predicted molar refractivity (Wildman–Crippen MR) is 80.4 cm³/mol. The number of aryl methyl sites for hydroxylation is 1. The van der Waals surface area contributed by atoms with Crippen molar-refractivity contribution < 1.29 is 9.59 Å².